The summed E-state index contributed by atoms with van der Waals surface area (Å²) < 4.78 is 4.74. The van der Waals surface area contributed by atoms with Crippen LogP contribution in [0, 0.1) is 0 Å². The van der Waals surface area contributed by atoms with Crippen molar-refractivity contribution in [3.05, 3.63) is 0 Å². The van der Waals surface area contributed by atoms with Crippen LogP contribution in [0.2, 0.25) is 0 Å². The number of aliphatic carboxylic acids is 1. The van der Waals surface area contributed by atoms with Gasteiger partial charge in [-0.3, -0.25) is 4.79 Å². The van der Waals surface area contributed by atoms with Gasteiger partial charge in [-0.05, 0) is 0 Å². The Kier molecular flexibility index (Phi) is 8.29. The highest BCUT2D eigenvalue weighted by molar-refractivity contribution is 5.83. The minimum Gasteiger partial charge on any atom is -0.480 e. The van der Waals surface area contributed by atoms with Gasteiger partial charge in [0, 0.05) is 40.2 Å². The SMILES string of the molecule is CNC(=O)CCNC(=O)NC(CCOC)C(=O)O. The molecule has 0 saturated heterocycles. The minimum atomic E-state index is -1.13. The number of rotatable bonds is 8. The second-order valence-electron chi connectivity index (χ2n) is 3.50. The Morgan fingerprint density at radius 1 is 1.33 bits per heavy atom. The second-order valence-corrected chi connectivity index (χ2v) is 3.50. The van der Waals surface area contributed by atoms with Gasteiger partial charge in [-0.15, -0.1) is 0 Å². The Morgan fingerprint density at radius 3 is 2.50 bits per heavy atom. The number of urea groups is 1. The lowest BCUT2D eigenvalue weighted by Crippen LogP contribution is -2.47. The van der Waals surface area contributed by atoms with Crippen molar-refractivity contribution in [3.63, 3.8) is 0 Å². The molecular weight excluding hydrogens is 242 g/mol. The van der Waals surface area contributed by atoms with Crippen molar-refractivity contribution in [1.82, 2.24) is 16.0 Å². The number of carbonyl (C=O) groups excluding carboxylic acids is 2. The van der Waals surface area contributed by atoms with Gasteiger partial charge < -0.3 is 25.8 Å². The molecule has 8 nitrogen and oxygen atoms in total. The van der Waals surface area contributed by atoms with Crippen molar-refractivity contribution in [2.24, 2.45) is 0 Å². The fourth-order valence-corrected chi connectivity index (χ4v) is 1.12. The van der Waals surface area contributed by atoms with Gasteiger partial charge in [-0.2, -0.15) is 0 Å². The van der Waals surface area contributed by atoms with E-state index >= 15 is 0 Å². The van der Waals surface area contributed by atoms with Gasteiger partial charge in [0.2, 0.25) is 5.91 Å². The third kappa shape index (κ3) is 7.44. The van der Waals surface area contributed by atoms with Gasteiger partial charge in [-0.1, -0.05) is 0 Å². The number of amides is 3. The molecule has 1 atom stereocenters. The van der Waals surface area contributed by atoms with E-state index in [9.17, 15) is 14.4 Å². The van der Waals surface area contributed by atoms with Crippen LogP contribution in [-0.2, 0) is 14.3 Å². The Balaban J connectivity index is 3.94. The van der Waals surface area contributed by atoms with E-state index in [1.807, 2.05) is 0 Å². The first-order chi connectivity index (χ1) is 8.51. The normalized spacial score (nSPS) is 11.4. The highest BCUT2D eigenvalue weighted by atomic mass is 16.5. The molecular formula is C10H19N3O5. The second kappa shape index (κ2) is 9.23. The predicted octanol–water partition coefficient (Wildman–Crippen LogP) is -1.09. The summed E-state index contributed by atoms with van der Waals surface area (Å²) >= 11 is 0. The van der Waals surface area contributed by atoms with E-state index in [4.69, 9.17) is 9.84 Å². The van der Waals surface area contributed by atoms with Gasteiger partial charge >= 0.3 is 12.0 Å². The Morgan fingerprint density at radius 2 is 2.00 bits per heavy atom. The molecule has 0 aliphatic carbocycles. The lowest BCUT2D eigenvalue weighted by atomic mass is 10.2. The molecule has 1 unspecified atom stereocenters. The summed E-state index contributed by atoms with van der Waals surface area (Å²) in [4.78, 5) is 33.0. The highest BCUT2D eigenvalue weighted by Gasteiger charge is 2.19. The fraction of sp³-hybridized carbons (Fsp3) is 0.700. The van der Waals surface area contributed by atoms with Gasteiger partial charge in [0.05, 0.1) is 0 Å². The zero-order chi connectivity index (χ0) is 14.0. The molecule has 0 aromatic rings. The van der Waals surface area contributed by atoms with E-state index in [2.05, 4.69) is 16.0 Å². The van der Waals surface area contributed by atoms with Crippen LogP contribution >= 0.6 is 0 Å². The molecule has 0 saturated carbocycles. The maximum atomic E-state index is 11.3. The zero-order valence-electron chi connectivity index (χ0n) is 10.5. The van der Waals surface area contributed by atoms with Gasteiger partial charge in [0.25, 0.3) is 0 Å². The van der Waals surface area contributed by atoms with Gasteiger partial charge in [0.15, 0.2) is 0 Å². The lowest BCUT2D eigenvalue weighted by Gasteiger charge is -2.14. The summed E-state index contributed by atoms with van der Waals surface area (Å²) in [6.07, 6.45) is 0.314. The monoisotopic (exact) mass is 261 g/mol. The van der Waals surface area contributed by atoms with Crippen LogP contribution in [0.15, 0.2) is 0 Å². The Bertz CT molecular complexity index is 295. The standard InChI is InChI=1S/C10H19N3O5/c1-11-8(14)3-5-12-10(17)13-7(9(15)16)4-6-18-2/h7H,3-6H2,1-2H3,(H,11,14)(H,15,16)(H2,12,13,17). The molecule has 0 aromatic heterocycles. The number of ether oxygens (including phenoxy) is 1. The van der Waals surface area contributed by atoms with Crippen LogP contribution in [0.3, 0.4) is 0 Å². The predicted molar refractivity (Wildman–Crippen MR) is 63.1 cm³/mol. The summed E-state index contributed by atoms with van der Waals surface area (Å²) in [6.45, 7) is 0.373. The first kappa shape index (κ1) is 16.2. The number of nitrogens with one attached hydrogen (secondary N) is 3. The summed E-state index contributed by atoms with van der Waals surface area (Å²) in [5, 5.41) is 15.9. The number of methoxy groups -OCH3 is 1. The fourth-order valence-electron chi connectivity index (χ4n) is 1.12. The topological polar surface area (TPSA) is 117 Å². The molecule has 4 N–H and O–H groups in total. The first-order valence-electron chi connectivity index (χ1n) is 5.48. The van der Waals surface area contributed by atoms with Crippen molar-refractivity contribution < 1.29 is 24.2 Å². The molecule has 3 amide bonds. The summed E-state index contributed by atoms with van der Waals surface area (Å²) in [7, 11) is 2.94. The lowest BCUT2D eigenvalue weighted by molar-refractivity contribution is -0.139. The molecule has 0 aromatic carbocycles. The molecule has 0 heterocycles. The van der Waals surface area contributed by atoms with Crippen molar-refractivity contribution in [2.45, 2.75) is 18.9 Å². The number of carboxylic acid groups (broad SMARTS) is 1. The van der Waals surface area contributed by atoms with Crippen molar-refractivity contribution in [3.8, 4) is 0 Å². The molecule has 0 aliphatic heterocycles. The number of carbonyl (C=O) groups is 3. The van der Waals surface area contributed by atoms with Crippen LogP contribution in [0.5, 0.6) is 0 Å². The van der Waals surface area contributed by atoms with Crippen molar-refractivity contribution in [1.29, 1.82) is 0 Å². The summed E-state index contributed by atoms with van der Waals surface area (Å²) in [6, 6.07) is -1.63. The van der Waals surface area contributed by atoms with E-state index in [0.29, 0.717) is 0 Å². The van der Waals surface area contributed by atoms with Crippen LogP contribution in [-0.4, -0.2) is 56.4 Å². The highest BCUT2D eigenvalue weighted by Crippen LogP contribution is 1.93. The summed E-state index contributed by atoms with van der Waals surface area (Å²) in [5.41, 5.74) is 0. The smallest absolute Gasteiger partial charge is 0.326 e. The molecule has 0 aliphatic rings. The van der Waals surface area contributed by atoms with Crippen LogP contribution in [0.1, 0.15) is 12.8 Å². The number of hydrogen-bond acceptors (Lipinski definition) is 4. The van der Waals surface area contributed by atoms with E-state index in [-0.39, 0.29) is 31.9 Å². The molecule has 0 fully saturated rings. The molecule has 104 valence electrons. The number of hydrogen-bond donors (Lipinski definition) is 4. The molecule has 8 heteroatoms. The van der Waals surface area contributed by atoms with Crippen molar-refractivity contribution >= 4 is 17.9 Å². The van der Waals surface area contributed by atoms with Gasteiger partial charge in [-0.25, -0.2) is 9.59 Å². The third-order valence-corrected chi connectivity index (χ3v) is 2.13. The molecule has 0 radical (unpaired) electrons. The van der Waals surface area contributed by atoms with E-state index in [1.165, 1.54) is 14.2 Å². The van der Waals surface area contributed by atoms with Crippen molar-refractivity contribution in [2.75, 3.05) is 27.3 Å². The van der Waals surface area contributed by atoms with Crippen LogP contribution in [0.4, 0.5) is 4.79 Å². The average Bonchev–Trinajstić information content (AvgIpc) is 2.33. The largest absolute Gasteiger partial charge is 0.480 e. The maximum Gasteiger partial charge on any atom is 0.326 e. The first-order valence-corrected chi connectivity index (χ1v) is 5.48. The molecule has 0 rings (SSSR count). The number of carboxylic acids is 1. The maximum absolute atomic E-state index is 11.3. The Labute approximate surface area is 105 Å². The van der Waals surface area contributed by atoms with Gasteiger partial charge in [0.1, 0.15) is 6.04 Å². The third-order valence-electron chi connectivity index (χ3n) is 2.13. The van der Waals surface area contributed by atoms with Crippen LogP contribution in [0.25, 0.3) is 0 Å². The zero-order valence-corrected chi connectivity index (χ0v) is 10.5. The quantitative estimate of drug-likeness (QED) is 0.443. The molecule has 0 spiro atoms. The van der Waals surface area contributed by atoms with E-state index in [0.717, 1.165) is 0 Å². The average molecular weight is 261 g/mol. The van der Waals surface area contributed by atoms with E-state index in [1.54, 1.807) is 0 Å². The Hall–Kier alpha value is -1.83. The molecule has 0 bridgehead atoms. The minimum absolute atomic E-state index is 0.139. The summed E-state index contributed by atoms with van der Waals surface area (Å²) in [5.74, 6) is -1.34. The molecule has 18 heavy (non-hydrogen) atoms. The van der Waals surface area contributed by atoms with E-state index < -0.39 is 18.0 Å². The van der Waals surface area contributed by atoms with Crippen LogP contribution < -0.4 is 16.0 Å².